The Morgan fingerprint density at radius 2 is 1.91 bits per heavy atom. The number of fused-ring (bicyclic) bond motifs is 2. The molecule has 1 aliphatic carbocycles. The third-order valence-corrected chi connectivity index (χ3v) is 6.99. The van der Waals surface area contributed by atoms with Gasteiger partial charge in [0.2, 0.25) is 5.91 Å². The number of nitrogens with zero attached hydrogens (tertiary/aromatic N) is 5. The van der Waals surface area contributed by atoms with Crippen molar-refractivity contribution in [3.63, 3.8) is 0 Å². The Hall–Kier alpha value is -3.62. The Morgan fingerprint density at radius 3 is 2.48 bits per heavy atom. The number of anilines is 1. The van der Waals surface area contributed by atoms with E-state index in [1.807, 2.05) is 17.0 Å². The van der Waals surface area contributed by atoms with Gasteiger partial charge in [-0.3, -0.25) is 4.79 Å². The first kappa shape index (κ1) is 21.2. The maximum atomic E-state index is 13.1. The highest BCUT2D eigenvalue weighted by atomic mass is 16.5. The van der Waals surface area contributed by atoms with Crippen molar-refractivity contribution in [1.82, 2.24) is 9.88 Å². The van der Waals surface area contributed by atoms with Crippen molar-refractivity contribution in [3.05, 3.63) is 53.2 Å². The number of carbonyl (C=O) groups is 1. The molecule has 0 radical (unpaired) electrons. The van der Waals surface area contributed by atoms with Gasteiger partial charge in [-0.1, -0.05) is 0 Å². The Labute approximate surface area is 192 Å². The third kappa shape index (κ3) is 3.88. The number of pyridine rings is 1. The number of likely N-dealkylation sites (tertiary alicyclic amines) is 1. The second-order valence-electron chi connectivity index (χ2n) is 8.91. The Balaban J connectivity index is 1.24. The fraction of sp³-hybridized carbons (Fsp3) is 0.440. The summed E-state index contributed by atoms with van der Waals surface area (Å²) < 4.78 is 11.5. The zero-order valence-electron chi connectivity index (χ0n) is 18.5. The van der Waals surface area contributed by atoms with E-state index in [-0.39, 0.29) is 24.6 Å². The van der Waals surface area contributed by atoms with Crippen molar-refractivity contribution >= 4 is 11.7 Å². The van der Waals surface area contributed by atoms with Crippen LogP contribution in [0.2, 0.25) is 0 Å². The van der Waals surface area contributed by atoms with E-state index in [1.54, 1.807) is 31.5 Å². The number of methoxy groups -OCH3 is 1. The van der Waals surface area contributed by atoms with Gasteiger partial charge in [-0.2, -0.15) is 10.5 Å². The molecule has 2 saturated heterocycles. The lowest BCUT2D eigenvalue weighted by Crippen LogP contribution is -2.56. The molecular formula is C25H25N5O3. The molecule has 1 aromatic carbocycles. The normalized spacial score (nSPS) is 22.4. The van der Waals surface area contributed by atoms with Crippen molar-refractivity contribution in [2.24, 2.45) is 0 Å². The van der Waals surface area contributed by atoms with E-state index in [9.17, 15) is 10.1 Å². The third-order valence-electron chi connectivity index (χ3n) is 6.99. The monoisotopic (exact) mass is 443 g/mol. The molecule has 1 unspecified atom stereocenters. The average Bonchev–Trinajstić information content (AvgIpc) is 3.61. The standard InChI is InChI=1S/C25H25N5O3/c1-32-21-6-3-18(12-27)22(10-21)25(8-9-25)33-16-24(31)29-14-19-4-5-20(15-29)30(19)23-7-2-17(11-26)13-28-23/h2-3,6-7,10,13,19-20H,4-5,8-9,14-16H2,1H3/t19-,20?/m0/s1. The van der Waals surface area contributed by atoms with Gasteiger partial charge in [0.1, 0.15) is 24.2 Å². The summed E-state index contributed by atoms with van der Waals surface area (Å²) in [6.45, 7) is 1.27. The van der Waals surface area contributed by atoms with Crippen LogP contribution in [0.3, 0.4) is 0 Å². The van der Waals surface area contributed by atoms with Crippen LogP contribution in [0.15, 0.2) is 36.5 Å². The zero-order chi connectivity index (χ0) is 23.0. The summed E-state index contributed by atoms with van der Waals surface area (Å²) in [5.74, 6) is 1.52. The average molecular weight is 444 g/mol. The molecule has 0 spiro atoms. The summed E-state index contributed by atoms with van der Waals surface area (Å²) in [6, 6.07) is 13.8. The van der Waals surface area contributed by atoms with Gasteiger partial charge in [-0.25, -0.2) is 4.98 Å². The first-order valence-corrected chi connectivity index (χ1v) is 11.2. The Kier molecular flexibility index (Phi) is 5.39. The van der Waals surface area contributed by atoms with Crippen molar-refractivity contribution in [2.45, 2.75) is 43.4 Å². The summed E-state index contributed by atoms with van der Waals surface area (Å²) in [5, 5.41) is 18.5. The molecule has 2 aliphatic heterocycles. The van der Waals surface area contributed by atoms with Crippen LogP contribution >= 0.6 is 0 Å². The first-order chi connectivity index (χ1) is 16.1. The van der Waals surface area contributed by atoms with Crippen LogP contribution in [0.25, 0.3) is 0 Å². The number of benzene rings is 1. The lowest BCUT2D eigenvalue weighted by atomic mass is 10.0. The summed E-state index contributed by atoms with van der Waals surface area (Å²) in [7, 11) is 1.59. The predicted molar refractivity (Wildman–Crippen MR) is 119 cm³/mol. The Morgan fingerprint density at radius 1 is 1.15 bits per heavy atom. The molecular weight excluding hydrogens is 418 g/mol. The zero-order valence-corrected chi connectivity index (χ0v) is 18.5. The molecule has 0 N–H and O–H groups in total. The summed E-state index contributed by atoms with van der Waals surface area (Å²) in [4.78, 5) is 21.7. The molecule has 8 heteroatoms. The number of nitriles is 2. The predicted octanol–water partition coefficient (Wildman–Crippen LogP) is 2.72. The minimum Gasteiger partial charge on any atom is -0.497 e. The molecule has 33 heavy (non-hydrogen) atoms. The molecule has 2 atom stereocenters. The van der Waals surface area contributed by atoms with Crippen molar-refractivity contribution in [2.75, 3.05) is 31.7 Å². The highest BCUT2D eigenvalue weighted by molar-refractivity contribution is 5.78. The van der Waals surface area contributed by atoms with E-state index in [4.69, 9.17) is 14.7 Å². The quantitative estimate of drug-likeness (QED) is 0.676. The maximum Gasteiger partial charge on any atom is 0.248 e. The smallest absolute Gasteiger partial charge is 0.248 e. The number of aromatic nitrogens is 1. The van der Waals surface area contributed by atoms with Crippen LogP contribution in [0.1, 0.15) is 42.4 Å². The molecule has 3 fully saturated rings. The fourth-order valence-electron chi connectivity index (χ4n) is 5.11. The van der Waals surface area contributed by atoms with Crippen molar-refractivity contribution in [1.29, 1.82) is 10.5 Å². The first-order valence-electron chi connectivity index (χ1n) is 11.2. The highest BCUT2D eigenvalue weighted by Crippen LogP contribution is 2.51. The molecule has 3 aliphatic rings. The van der Waals surface area contributed by atoms with Gasteiger partial charge in [-0.05, 0) is 56.0 Å². The molecule has 2 bridgehead atoms. The Bertz CT molecular complexity index is 1130. The van der Waals surface area contributed by atoms with E-state index >= 15 is 0 Å². The summed E-state index contributed by atoms with van der Waals surface area (Å²) in [5.41, 5.74) is 1.32. The minimum atomic E-state index is -0.581. The highest BCUT2D eigenvalue weighted by Gasteiger charge is 2.49. The number of hydrogen-bond donors (Lipinski definition) is 0. The number of amides is 1. The molecule has 5 rings (SSSR count). The fourth-order valence-corrected chi connectivity index (χ4v) is 5.11. The van der Waals surface area contributed by atoms with Crippen LogP contribution in [0.5, 0.6) is 5.75 Å². The molecule has 1 saturated carbocycles. The van der Waals surface area contributed by atoms with E-state index in [2.05, 4.69) is 22.0 Å². The van der Waals surface area contributed by atoms with Crippen LogP contribution < -0.4 is 9.64 Å². The van der Waals surface area contributed by atoms with Crippen molar-refractivity contribution in [3.8, 4) is 17.9 Å². The maximum absolute atomic E-state index is 13.1. The van der Waals surface area contributed by atoms with E-state index < -0.39 is 5.60 Å². The lowest BCUT2D eigenvalue weighted by molar-refractivity contribution is -0.140. The van der Waals surface area contributed by atoms with Gasteiger partial charge in [0, 0.05) is 36.9 Å². The lowest BCUT2D eigenvalue weighted by Gasteiger charge is -2.41. The van der Waals surface area contributed by atoms with Crippen LogP contribution in [-0.4, -0.2) is 54.7 Å². The number of ether oxygens (including phenoxy) is 2. The molecule has 1 aromatic heterocycles. The summed E-state index contributed by atoms with van der Waals surface area (Å²) in [6.07, 6.45) is 5.19. The van der Waals surface area contributed by atoms with Gasteiger partial charge in [-0.15, -0.1) is 0 Å². The molecule has 1 amide bonds. The number of carbonyl (C=O) groups excluding carboxylic acids is 1. The molecule has 8 nitrogen and oxygen atoms in total. The number of rotatable bonds is 6. The largest absolute Gasteiger partial charge is 0.497 e. The topological polar surface area (TPSA) is 102 Å². The molecule has 168 valence electrons. The van der Waals surface area contributed by atoms with Crippen LogP contribution in [0, 0.1) is 22.7 Å². The minimum absolute atomic E-state index is 0.00334. The van der Waals surface area contributed by atoms with Crippen LogP contribution in [-0.2, 0) is 15.1 Å². The number of piperazine rings is 1. The number of hydrogen-bond acceptors (Lipinski definition) is 7. The SMILES string of the molecule is COc1ccc(C#N)c(C2(OCC(=O)N3CC4CC[C@@H](C3)N4c3ccc(C#N)cn3)CC2)c1. The van der Waals surface area contributed by atoms with E-state index in [1.165, 1.54) is 0 Å². The van der Waals surface area contributed by atoms with E-state index in [0.717, 1.165) is 37.1 Å². The molecule has 3 heterocycles. The van der Waals surface area contributed by atoms with Gasteiger partial charge in [0.05, 0.1) is 29.9 Å². The molecule has 2 aromatic rings. The van der Waals surface area contributed by atoms with Gasteiger partial charge in [0.15, 0.2) is 0 Å². The van der Waals surface area contributed by atoms with Gasteiger partial charge >= 0.3 is 0 Å². The van der Waals surface area contributed by atoms with Crippen molar-refractivity contribution < 1.29 is 14.3 Å². The summed E-state index contributed by atoms with van der Waals surface area (Å²) >= 11 is 0. The van der Waals surface area contributed by atoms with E-state index in [0.29, 0.717) is 30.0 Å². The second kappa shape index (κ2) is 8.38. The van der Waals surface area contributed by atoms with Crippen LogP contribution in [0.4, 0.5) is 5.82 Å². The van der Waals surface area contributed by atoms with Gasteiger partial charge in [0.25, 0.3) is 0 Å². The van der Waals surface area contributed by atoms with Gasteiger partial charge < -0.3 is 19.3 Å². The second-order valence-corrected chi connectivity index (χ2v) is 8.91.